The van der Waals surface area contributed by atoms with Crippen molar-refractivity contribution in [3.63, 3.8) is 0 Å². The Morgan fingerprint density at radius 2 is 1.07 bits per heavy atom. The molecule has 2 aromatic heterocycles. The molecule has 0 aliphatic carbocycles. The summed E-state index contributed by atoms with van der Waals surface area (Å²) in [5.41, 5.74) is 5.35. The molecule has 0 aliphatic heterocycles. The molecule has 2 heterocycles. The Balaban J connectivity index is 0.00000496. The van der Waals surface area contributed by atoms with E-state index in [0.717, 1.165) is 22.3 Å². The first-order valence-corrected chi connectivity index (χ1v) is 17.1. The van der Waals surface area contributed by atoms with Crippen LogP contribution in [0.2, 0.25) is 0 Å². The Morgan fingerprint density at radius 3 is 1.58 bits per heavy atom. The fraction of sp³-hybridized carbons (Fsp3) is 0.0500. The van der Waals surface area contributed by atoms with Crippen LogP contribution in [0.1, 0.15) is 0 Å². The zero-order valence-corrected chi connectivity index (χ0v) is 30.9. The van der Waals surface area contributed by atoms with Gasteiger partial charge in [-0.1, -0.05) is 36.4 Å². The third-order valence-corrected chi connectivity index (χ3v) is 8.96. The minimum atomic E-state index is -0.456. The Labute approximate surface area is 330 Å². The molecule has 16 nitrogen and oxygen atoms in total. The first kappa shape index (κ1) is 37.5. The third kappa shape index (κ3) is 7.22. The number of hydrogen-bond donors (Lipinski definition) is 0. The minimum absolute atomic E-state index is 0. The van der Waals surface area contributed by atoms with Crippen molar-refractivity contribution in [1.82, 2.24) is 30.0 Å². The Hall–Kier alpha value is -7.85. The molecule has 0 unspecified atom stereocenters. The zero-order valence-electron chi connectivity index (χ0n) is 30.2. The van der Waals surface area contributed by atoms with Gasteiger partial charge in [0, 0.05) is 29.1 Å². The maximum absolute atomic E-state index is 11.4. The van der Waals surface area contributed by atoms with E-state index in [0.29, 0.717) is 45.9 Å². The van der Waals surface area contributed by atoms with Gasteiger partial charge < -0.3 is 21.9 Å². The highest BCUT2D eigenvalue weighted by Crippen LogP contribution is 2.32. The molecule has 0 N–H and O–H groups in total. The molecule has 0 aliphatic rings. The van der Waals surface area contributed by atoms with E-state index in [-0.39, 0.29) is 23.8 Å². The summed E-state index contributed by atoms with van der Waals surface area (Å²) >= 11 is 0. The van der Waals surface area contributed by atoms with Gasteiger partial charge in [-0.05, 0) is 111 Å². The van der Waals surface area contributed by atoms with E-state index in [2.05, 4.69) is 10.3 Å². The highest BCUT2D eigenvalue weighted by atomic mass is 35.5. The van der Waals surface area contributed by atoms with Crippen LogP contribution in [0.25, 0.3) is 56.7 Å². The second-order valence-corrected chi connectivity index (χ2v) is 12.3. The summed E-state index contributed by atoms with van der Waals surface area (Å²) in [7, 11) is 3.12. The van der Waals surface area contributed by atoms with Crippen LogP contribution in [0.4, 0.5) is 11.4 Å². The molecular formula is C40H30ClN10O6+. The molecule has 8 rings (SSSR count). The number of ether oxygens (including phenoxy) is 2. The quantitative estimate of drug-likeness (QED) is 0.108. The molecule has 0 spiro atoms. The van der Waals surface area contributed by atoms with E-state index in [1.807, 2.05) is 97.1 Å². The van der Waals surface area contributed by atoms with Crippen molar-refractivity contribution in [3.8, 4) is 68.2 Å². The van der Waals surface area contributed by atoms with Gasteiger partial charge in [0.2, 0.25) is 11.4 Å². The van der Waals surface area contributed by atoms with E-state index < -0.39 is 9.85 Å². The van der Waals surface area contributed by atoms with Gasteiger partial charge in [0.15, 0.2) is 16.7 Å². The Bertz CT molecular complexity index is 2670. The molecule has 282 valence electrons. The lowest BCUT2D eigenvalue weighted by Crippen LogP contribution is -3.00. The summed E-state index contributed by atoms with van der Waals surface area (Å²) in [6.45, 7) is 0. The number of methoxy groups -OCH3 is 2. The van der Waals surface area contributed by atoms with Gasteiger partial charge in [-0.2, -0.15) is 0 Å². The molecule has 0 amide bonds. The normalized spacial score (nSPS) is 10.8. The van der Waals surface area contributed by atoms with Crippen LogP contribution >= 0.6 is 0 Å². The number of tetrazole rings is 2. The fourth-order valence-corrected chi connectivity index (χ4v) is 6.19. The summed E-state index contributed by atoms with van der Waals surface area (Å²) in [6.07, 6.45) is 0. The van der Waals surface area contributed by atoms with Gasteiger partial charge in [-0.15, -0.1) is 4.68 Å². The first-order chi connectivity index (χ1) is 27.3. The molecule has 8 aromatic rings. The highest BCUT2D eigenvalue weighted by Gasteiger charge is 2.29. The molecule has 0 saturated carbocycles. The average molecular weight is 782 g/mol. The predicted molar refractivity (Wildman–Crippen MR) is 202 cm³/mol. The number of rotatable bonds is 11. The smallest absolute Gasteiger partial charge is 0.340 e. The topological polar surface area (TPSA) is 174 Å². The standard InChI is InChI=1S/C40H30N10O6.ClH/c1-55-37-25-29(13-23-35(37)47-43-39(27-9-5-3-6-10-27)42-46(47)32-17-21-34(22-18-32)50(53)54)30-14-24-36(38(26-30)56-2)48-44-41-40(28-11-7-4-8-12-28)45(48)31-15-19-33(20-16-31)49(51)52;/h3-26H,1-2H3;1H/q+2;/p-1. The number of aromatic nitrogens is 8. The average Bonchev–Trinajstić information content (AvgIpc) is 3.90. The van der Waals surface area contributed by atoms with Gasteiger partial charge in [0.1, 0.15) is 5.69 Å². The number of nitro benzene ring substituents is 2. The molecule has 0 saturated heterocycles. The van der Waals surface area contributed by atoms with E-state index in [4.69, 9.17) is 19.7 Å². The monoisotopic (exact) mass is 781 g/mol. The van der Waals surface area contributed by atoms with Crippen molar-refractivity contribution in [1.29, 1.82) is 0 Å². The van der Waals surface area contributed by atoms with Gasteiger partial charge >= 0.3 is 11.6 Å². The summed E-state index contributed by atoms with van der Waals surface area (Å²) < 4.78 is 13.6. The van der Waals surface area contributed by atoms with Crippen molar-refractivity contribution in [2.24, 2.45) is 0 Å². The van der Waals surface area contributed by atoms with Crippen LogP contribution in [0.3, 0.4) is 0 Å². The lowest BCUT2D eigenvalue weighted by molar-refractivity contribution is -0.734. The van der Waals surface area contributed by atoms with Gasteiger partial charge in [-0.3, -0.25) is 20.2 Å². The Morgan fingerprint density at radius 1 is 0.579 bits per heavy atom. The SMILES string of the molecule is COc1cc(-c2ccc(-[n+]3nnc(-c4ccccc4)n3-c3ccc([N+](=O)[O-])cc3)c(OC)c2)ccc1-[n+]1nc(-c2ccccc2)nn1-c1ccc([N+](=O)[O-])cc1.[Cl-]. The molecule has 17 heteroatoms. The van der Waals surface area contributed by atoms with Crippen LogP contribution in [-0.4, -0.2) is 54.1 Å². The van der Waals surface area contributed by atoms with Gasteiger partial charge in [0.25, 0.3) is 11.4 Å². The predicted octanol–water partition coefficient (Wildman–Crippen LogP) is 3.24. The van der Waals surface area contributed by atoms with Gasteiger partial charge in [-0.25, -0.2) is 0 Å². The number of non-ortho nitro benzene ring substituents is 2. The van der Waals surface area contributed by atoms with Crippen LogP contribution in [-0.2, 0) is 0 Å². The second-order valence-electron chi connectivity index (χ2n) is 12.3. The maximum atomic E-state index is 11.4. The molecule has 0 bridgehead atoms. The van der Waals surface area contributed by atoms with Crippen LogP contribution in [0.15, 0.2) is 146 Å². The Kier molecular flexibility index (Phi) is 10.4. The minimum Gasteiger partial charge on any atom is -1.00 e. The molecule has 0 atom stereocenters. The number of hydrogen-bond acceptors (Lipinski definition) is 10. The lowest BCUT2D eigenvalue weighted by atomic mass is 10.0. The zero-order chi connectivity index (χ0) is 38.8. The van der Waals surface area contributed by atoms with Crippen molar-refractivity contribution < 1.29 is 41.3 Å². The molecule has 0 fully saturated rings. The molecule has 57 heavy (non-hydrogen) atoms. The second kappa shape index (κ2) is 15.9. The summed E-state index contributed by atoms with van der Waals surface area (Å²) in [6, 6.07) is 42.4. The summed E-state index contributed by atoms with van der Waals surface area (Å²) in [5, 5.41) is 41.4. The summed E-state index contributed by atoms with van der Waals surface area (Å²) in [5.74, 6) is 1.90. The van der Waals surface area contributed by atoms with E-state index >= 15 is 0 Å². The number of benzene rings is 6. The number of nitrogens with zero attached hydrogens (tertiary/aromatic N) is 10. The van der Waals surface area contributed by atoms with Crippen LogP contribution < -0.4 is 31.5 Å². The highest BCUT2D eigenvalue weighted by molar-refractivity contribution is 5.70. The van der Waals surface area contributed by atoms with E-state index in [9.17, 15) is 20.2 Å². The van der Waals surface area contributed by atoms with Crippen molar-refractivity contribution in [3.05, 3.63) is 166 Å². The van der Waals surface area contributed by atoms with E-state index in [1.165, 1.54) is 24.3 Å². The lowest BCUT2D eigenvalue weighted by Gasteiger charge is -2.11. The fourth-order valence-electron chi connectivity index (χ4n) is 6.19. The largest absolute Gasteiger partial charge is 1.00 e. The first-order valence-electron chi connectivity index (χ1n) is 17.1. The van der Waals surface area contributed by atoms with Gasteiger partial charge in [0.05, 0.1) is 51.1 Å². The van der Waals surface area contributed by atoms with Crippen molar-refractivity contribution in [2.75, 3.05) is 14.2 Å². The third-order valence-electron chi connectivity index (χ3n) is 8.96. The van der Waals surface area contributed by atoms with Crippen LogP contribution in [0, 0.1) is 20.2 Å². The maximum Gasteiger partial charge on any atom is 0.340 e. The van der Waals surface area contributed by atoms with E-state index in [1.54, 1.807) is 57.6 Å². The van der Waals surface area contributed by atoms with Crippen molar-refractivity contribution in [2.45, 2.75) is 0 Å². The summed E-state index contributed by atoms with van der Waals surface area (Å²) in [4.78, 5) is 26.6. The molecular weight excluding hydrogens is 752 g/mol. The van der Waals surface area contributed by atoms with Crippen LogP contribution in [0.5, 0.6) is 11.5 Å². The van der Waals surface area contributed by atoms with Crippen molar-refractivity contribution >= 4 is 11.4 Å². The molecule has 0 radical (unpaired) electrons. The number of nitro groups is 2. The molecule has 6 aromatic carbocycles. The number of halogens is 1.